The molecule has 28 heavy (non-hydrogen) atoms. The third kappa shape index (κ3) is 7.40. The fourth-order valence-corrected chi connectivity index (χ4v) is 2.67. The molecule has 6 nitrogen and oxygen atoms in total. The van der Waals surface area contributed by atoms with Crippen LogP contribution in [-0.4, -0.2) is 29.6 Å². The van der Waals surface area contributed by atoms with Gasteiger partial charge in [-0.2, -0.15) is 0 Å². The highest BCUT2D eigenvalue weighted by Gasteiger charge is 2.17. The smallest absolute Gasteiger partial charge is 0.320 e. The fourth-order valence-electron chi connectivity index (χ4n) is 2.67. The van der Waals surface area contributed by atoms with Gasteiger partial charge in [-0.3, -0.25) is 9.59 Å². The molecular formula is C22H28N2O4. The molecule has 2 rings (SSSR count). The first-order valence-corrected chi connectivity index (χ1v) is 9.38. The molecule has 1 amide bonds. The van der Waals surface area contributed by atoms with Gasteiger partial charge in [0, 0.05) is 12.2 Å². The number of carbonyl (C=O) groups excluding carboxylic acids is 1. The van der Waals surface area contributed by atoms with Crippen LogP contribution in [0, 0.1) is 12.8 Å². The van der Waals surface area contributed by atoms with Crippen LogP contribution in [0.1, 0.15) is 31.4 Å². The van der Waals surface area contributed by atoms with Crippen molar-refractivity contribution in [2.75, 3.05) is 11.9 Å². The number of hydrogen-bond acceptors (Lipinski definition) is 4. The number of carbonyl (C=O) groups is 2. The Morgan fingerprint density at radius 2 is 1.68 bits per heavy atom. The van der Waals surface area contributed by atoms with Gasteiger partial charge >= 0.3 is 5.97 Å². The van der Waals surface area contributed by atoms with Crippen molar-refractivity contribution in [2.24, 2.45) is 5.92 Å². The Kier molecular flexibility index (Phi) is 8.02. The lowest BCUT2D eigenvalue weighted by Gasteiger charge is -2.16. The Morgan fingerprint density at radius 3 is 2.25 bits per heavy atom. The summed E-state index contributed by atoms with van der Waals surface area (Å²) in [5.41, 5.74) is 2.81. The molecule has 0 spiro atoms. The van der Waals surface area contributed by atoms with Gasteiger partial charge in [0.1, 0.15) is 11.8 Å². The lowest BCUT2D eigenvalue weighted by atomic mass is 10.0. The molecule has 1 unspecified atom stereocenters. The van der Waals surface area contributed by atoms with Crippen molar-refractivity contribution < 1.29 is 19.4 Å². The SMILES string of the molecule is Cc1ccc(NC(=O)COc2ccc(CNC(CC(C)C)C(=O)O)cc2)cc1. The van der Waals surface area contributed by atoms with Gasteiger partial charge < -0.3 is 20.5 Å². The van der Waals surface area contributed by atoms with Gasteiger partial charge in [0.15, 0.2) is 6.61 Å². The summed E-state index contributed by atoms with van der Waals surface area (Å²) >= 11 is 0. The second-order valence-electron chi connectivity index (χ2n) is 7.25. The van der Waals surface area contributed by atoms with Crippen molar-refractivity contribution >= 4 is 17.6 Å². The zero-order valence-corrected chi connectivity index (χ0v) is 16.6. The van der Waals surface area contributed by atoms with Gasteiger partial charge in [-0.1, -0.05) is 43.7 Å². The molecule has 0 aliphatic heterocycles. The molecule has 0 aliphatic rings. The molecule has 0 radical (unpaired) electrons. The number of aryl methyl sites for hydroxylation is 1. The third-order valence-corrected chi connectivity index (χ3v) is 4.19. The number of amides is 1. The number of aliphatic carboxylic acids is 1. The van der Waals surface area contributed by atoms with Gasteiger partial charge in [0.2, 0.25) is 0 Å². The highest BCUT2D eigenvalue weighted by Crippen LogP contribution is 2.14. The molecule has 0 aliphatic carbocycles. The maximum atomic E-state index is 12.0. The largest absolute Gasteiger partial charge is 0.484 e. The van der Waals surface area contributed by atoms with Gasteiger partial charge in [0.05, 0.1) is 0 Å². The van der Waals surface area contributed by atoms with E-state index in [4.69, 9.17) is 4.74 Å². The average Bonchev–Trinajstić information content (AvgIpc) is 2.65. The number of hydrogen-bond donors (Lipinski definition) is 3. The van der Waals surface area contributed by atoms with Crippen molar-refractivity contribution in [2.45, 2.75) is 39.8 Å². The summed E-state index contributed by atoms with van der Waals surface area (Å²) in [6, 6.07) is 14.2. The number of nitrogens with one attached hydrogen (secondary N) is 2. The molecule has 2 aromatic rings. The van der Waals surface area contributed by atoms with Crippen LogP contribution in [0.15, 0.2) is 48.5 Å². The van der Waals surface area contributed by atoms with E-state index in [0.717, 1.165) is 16.8 Å². The minimum Gasteiger partial charge on any atom is -0.484 e. The zero-order valence-electron chi connectivity index (χ0n) is 16.6. The number of anilines is 1. The summed E-state index contributed by atoms with van der Waals surface area (Å²) in [6.45, 7) is 6.36. The normalized spacial score (nSPS) is 11.9. The lowest BCUT2D eigenvalue weighted by molar-refractivity contribution is -0.140. The van der Waals surface area contributed by atoms with Crippen LogP contribution in [0.3, 0.4) is 0 Å². The maximum absolute atomic E-state index is 12.0. The second kappa shape index (κ2) is 10.5. The summed E-state index contributed by atoms with van der Waals surface area (Å²) in [7, 11) is 0. The van der Waals surface area contributed by atoms with E-state index in [9.17, 15) is 14.7 Å². The van der Waals surface area contributed by atoms with Crippen molar-refractivity contribution in [3.05, 3.63) is 59.7 Å². The molecule has 0 heterocycles. The van der Waals surface area contributed by atoms with E-state index < -0.39 is 12.0 Å². The van der Waals surface area contributed by atoms with Crippen LogP contribution >= 0.6 is 0 Å². The molecule has 6 heteroatoms. The highest BCUT2D eigenvalue weighted by atomic mass is 16.5. The second-order valence-corrected chi connectivity index (χ2v) is 7.25. The monoisotopic (exact) mass is 384 g/mol. The molecule has 0 bridgehead atoms. The summed E-state index contributed by atoms with van der Waals surface area (Å²) < 4.78 is 5.51. The van der Waals surface area contributed by atoms with E-state index in [2.05, 4.69) is 10.6 Å². The van der Waals surface area contributed by atoms with Crippen molar-refractivity contribution in [3.63, 3.8) is 0 Å². The van der Waals surface area contributed by atoms with Crippen LogP contribution in [-0.2, 0) is 16.1 Å². The predicted octanol–water partition coefficient (Wildman–Crippen LogP) is 3.60. The van der Waals surface area contributed by atoms with E-state index in [1.54, 1.807) is 12.1 Å². The quantitative estimate of drug-likeness (QED) is 0.583. The van der Waals surface area contributed by atoms with E-state index in [1.165, 1.54) is 0 Å². The Bertz CT molecular complexity index is 770. The third-order valence-electron chi connectivity index (χ3n) is 4.19. The van der Waals surface area contributed by atoms with E-state index >= 15 is 0 Å². The first-order valence-electron chi connectivity index (χ1n) is 9.38. The molecule has 2 aromatic carbocycles. The van der Waals surface area contributed by atoms with Crippen molar-refractivity contribution in [1.29, 1.82) is 0 Å². The van der Waals surface area contributed by atoms with Crippen LogP contribution in [0.5, 0.6) is 5.75 Å². The molecule has 1 atom stereocenters. The summed E-state index contributed by atoms with van der Waals surface area (Å²) in [5, 5.41) is 15.1. The Morgan fingerprint density at radius 1 is 1.04 bits per heavy atom. The molecule has 3 N–H and O–H groups in total. The summed E-state index contributed by atoms with van der Waals surface area (Å²) in [4.78, 5) is 23.3. The zero-order chi connectivity index (χ0) is 20.5. The topological polar surface area (TPSA) is 87.7 Å². The van der Waals surface area contributed by atoms with Crippen LogP contribution < -0.4 is 15.4 Å². The van der Waals surface area contributed by atoms with E-state index in [-0.39, 0.29) is 12.5 Å². The molecule has 0 aromatic heterocycles. The standard InChI is InChI=1S/C22H28N2O4/c1-15(2)12-20(22(26)27)23-13-17-6-10-19(11-7-17)28-14-21(25)24-18-8-4-16(3)5-9-18/h4-11,15,20,23H,12-14H2,1-3H3,(H,24,25)(H,26,27). The number of carboxylic acid groups (broad SMARTS) is 1. The highest BCUT2D eigenvalue weighted by molar-refractivity contribution is 5.91. The van der Waals surface area contributed by atoms with Gasteiger partial charge in [-0.05, 0) is 49.1 Å². The number of benzene rings is 2. The lowest BCUT2D eigenvalue weighted by Crippen LogP contribution is -2.37. The van der Waals surface area contributed by atoms with Crippen LogP contribution in [0.25, 0.3) is 0 Å². The van der Waals surface area contributed by atoms with E-state index in [0.29, 0.717) is 24.6 Å². The van der Waals surface area contributed by atoms with Crippen LogP contribution in [0.2, 0.25) is 0 Å². The minimum absolute atomic E-state index is 0.0824. The minimum atomic E-state index is -0.840. The van der Waals surface area contributed by atoms with Gasteiger partial charge in [0.25, 0.3) is 5.91 Å². The average molecular weight is 384 g/mol. The molecule has 150 valence electrons. The Hall–Kier alpha value is -2.86. The predicted molar refractivity (Wildman–Crippen MR) is 109 cm³/mol. The summed E-state index contributed by atoms with van der Waals surface area (Å²) in [5.74, 6) is -0.184. The Labute approximate surface area is 165 Å². The number of rotatable bonds is 10. The maximum Gasteiger partial charge on any atom is 0.320 e. The molecular weight excluding hydrogens is 356 g/mol. The van der Waals surface area contributed by atoms with Crippen molar-refractivity contribution in [1.82, 2.24) is 5.32 Å². The molecule has 0 fully saturated rings. The molecule has 0 saturated heterocycles. The first kappa shape index (κ1) is 21.4. The first-order chi connectivity index (χ1) is 13.3. The van der Waals surface area contributed by atoms with Crippen LogP contribution in [0.4, 0.5) is 5.69 Å². The number of carboxylic acids is 1. The van der Waals surface area contributed by atoms with Gasteiger partial charge in [-0.25, -0.2) is 0 Å². The van der Waals surface area contributed by atoms with E-state index in [1.807, 2.05) is 57.2 Å². The molecule has 0 saturated carbocycles. The van der Waals surface area contributed by atoms with Crippen molar-refractivity contribution in [3.8, 4) is 5.75 Å². The Balaban J connectivity index is 1.79. The fraction of sp³-hybridized carbons (Fsp3) is 0.364. The van der Waals surface area contributed by atoms with Gasteiger partial charge in [-0.15, -0.1) is 0 Å². The number of ether oxygens (including phenoxy) is 1. The summed E-state index contributed by atoms with van der Waals surface area (Å²) in [6.07, 6.45) is 0.576.